The third kappa shape index (κ3) is 2.33. The molecule has 2 unspecified atom stereocenters. The Bertz CT molecular complexity index is 945. The number of para-hydroxylation sites is 1. The van der Waals surface area contributed by atoms with Gasteiger partial charge in [-0.15, -0.1) is 0 Å². The number of hydrazone groups is 1. The topological polar surface area (TPSA) is 38.0 Å². The van der Waals surface area contributed by atoms with Crippen molar-refractivity contribution in [1.29, 1.82) is 0 Å². The van der Waals surface area contributed by atoms with Crippen molar-refractivity contribution in [1.82, 2.24) is 5.01 Å². The Morgan fingerprint density at radius 3 is 2.56 bits per heavy atom. The number of benzene rings is 2. The molecule has 0 bridgehead atoms. The van der Waals surface area contributed by atoms with Crippen molar-refractivity contribution in [3.8, 4) is 5.75 Å². The Kier molecular flexibility index (Phi) is 3.17. The molecule has 124 valence electrons. The second-order valence-electron chi connectivity index (χ2n) is 6.48. The molecule has 5 rings (SSSR count). The summed E-state index contributed by atoms with van der Waals surface area (Å²) in [5.74, 6) is 2.68. The Morgan fingerprint density at radius 2 is 1.76 bits per heavy atom. The van der Waals surface area contributed by atoms with Crippen LogP contribution in [0.25, 0.3) is 0 Å². The van der Waals surface area contributed by atoms with Crippen molar-refractivity contribution in [2.24, 2.45) is 5.10 Å². The summed E-state index contributed by atoms with van der Waals surface area (Å²) in [4.78, 5) is 0. The van der Waals surface area contributed by atoms with E-state index in [1.807, 2.05) is 49.4 Å². The number of fused-ring (bicyclic) bond motifs is 3. The molecule has 0 saturated heterocycles. The highest BCUT2D eigenvalue weighted by Crippen LogP contribution is 2.47. The van der Waals surface area contributed by atoms with E-state index >= 15 is 0 Å². The minimum atomic E-state index is -0.227. The van der Waals surface area contributed by atoms with Crippen molar-refractivity contribution in [3.05, 3.63) is 89.4 Å². The third-order valence-electron chi connectivity index (χ3n) is 4.81. The molecule has 0 N–H and O–H groups in total. The summed E-state index contributed by atoms with van der Waals surface area (Å²) in [6.07, 6.45) is 0.589. The van der Waals surface area contributed by atoms with Gasteiger partial charge >= 0.3 is 0 Å². The average molecular weight is 330 g/mol. The van der Waals surface area contributed by atoms with E-state index in [2.05, 4.69) is 29.3 Å². The monoisotopic (exact) mass is 330 g/mol. The molecule has 0 fully saturated rings. The molecule has 0 amide bonds. The van der Waals surface area contributed by atoms with E-state index in [9.17, 15) is 0 Å². The quantitative estimate of drug-likeness (QED) is 0.675. The molecule has 3 aromatic rings. The second kappa shape index (κ2) is 5.52. The molecule has 2 aromatic carbocycles. The van der Waals surface area contributed by atoms with Crippen LogP contribution in [0.15, 0.2) is 76.2 Å². The maximum atomic E-state index is 6.31. The maximum Gasteiger partial charge on any atom is 0.213 e. The second-order valence-corrected chi connectivity index (χ2v) is 6.48. The first kappa shape index (κ1) is 14.3. The van der Waals surface area contributed by atoms with Crippen molar-refractivity contribution in [2.75, 3.05) is 0 Å². The first-order valence-electron chi connectivity index (χ1n) is 8.53. The zero-order chi connectivity index (χ0) is 16.8. The third-order valence-corrected chi connectivity index (χ3v) is 4.81. The zero-order valence-electron chi connectivity index (χ0n) is 13.9. The molecule has 4 heteroatoms. The zero-order valence-corrected chi connectivity index (χ0v) is 13.9. The number of ether oxygens (including phenoxy) is 1. The van der Waals surface area contributed by atoms with Gasteiger partial charge < -0.3 is 9.15 Å². The van der Waals surface area contributed by atoms with Crippen LogP contribution in [-0.2, 0) is 0 Å². The Hall–Kier alpha value is -3.01. The molecule has 25 heavy (non-hydrogen) atoms. The van der Waals surface area contributed by atoms with Crippen molar-refractivity contribution >= 4 is 5.71 Å². The fraction of sp³-hybridized carbons (Fsp3) is 0.190. The van der Waals surface area contributed by atoms with Gasteiger partial charge in [-0.2, -0.15) is 5.10 Å². The lowest BCUT2D eigenvalue weighted by molar-refractivity contribution is -0.0190. The van der Waals surface area contributed by atoms with Gasteiger partial charge in [0, 0.05) is 17.5 Å². The summed E-state index contributed by atoms with van der Waals surface area (Å²) in [5, 5.41) is 6.96. The Balaban J connectivity index is 1.60. The standard InChI is InChI=1S/C21H18N2O2/c1-14-11-12-20(24-14)17-13-18-16-9-5-6-10-19(16)25-21(23(18)22-17)15-7-3-2-4-8-15/h2-12,18,21H,13H2,1H3. The lowest BCUT2D eigenvalue weighted by Gasteiger charge is -2.38. The fourth-order valence-electron chi connectivity index (χ4n) is 3.61. The van der Waals surface area contributed by atoms with E-state index in [1.54, 1.807) is 0 Å². The summed E-state index contributed by atoms with van der Waals surface area (Å²) in [6, 6.07) is 22.6. The summed E-state index contributed by atoms with van der Waals surface area (Å²) in [6.45, 7) is 1.96. The molecule has 2 atom stereocenters. The normalized spacial score (nSPS) is 21.3. The lowest BCUT2D eigenvalue weighted by atomic mass is 9.97. The molecular weight excluding hydrogens is 312 g/mol. The number of hydrogen-bond donors (Lipinski definition) is 0. The number of rotatable bonds is 2. The maximum absolute atomic E-state index is 6.31. The average Bonchev–Trinajstić information content (AvgIpc) is 3.28. The van der Waals surface area contributed by atoms with Crippen LogP contribution in [0.1, 0.15) is 41.3 Å². The van der Waals surface area contributed by atoms with Crippen LogP contribution in [0.4, 0.5) is 0 Å². The number of furan rings is 1. The minimum absolute atomic E-state index is 0.163. The minimum Gasteiger partial charge on any atom is -0.464 e. The molecular formula is C21H18N2O2. The SMILES string of the molecule is Cc1ccc(C2=NN3C(C2)c2ccccc2OC3c2ccccc2)o1. The van der Waals surface area contributed by atoms with Gasteiger partial charge in [0.1, 0.15) is 23.0 Å². The van der Waals surface area contributed by atoms with Gasteiger partial charge in [-0.1, -0.05) is 48.5 Å². The highest BCUT2D eigenvalue weighted by atomic mass is 16.5. The highest BCUT2D eigenvalue weighted by Gasteiger charge is 2.41. The predicted octanol–water partition coefficient (Wildman–Crippen LogP) is 4.83. The lowest BCUT2D eigenvalue weighted by Crippen LogP contribution is -2.33. The number of nitrogens with zero attached hydrogens (tertiary/aromatic N) is 2. The van der Waals surface area contributed by atoms with E-state index in [-0.39, 0.29) is 12.3 Å². The van der Waals surface area contributed by atoms with E-state index in [4.69, 9.17) is 14.3 Å². The molecule has 0 radical (unpaired) electrons. The smallest absolute Gasteiger partial charge is 0.213 e. The fourth-order valence-corrected chi connectivity index (χ4v) is 3.61. The highest BCUT2D eigenvalue weighted by molar-refractivity contribution is 5.99. The number of aryl methyl sites for hydroxylation is 1. The van der Waals surface area contributed by atoms with E-state index in [1.165, 1.54) is 5.56 Å². The summed E-state index contributed by atoms with van der Waals surface area (Å²) >= 11 is 0. The van der Waals surface area contributed by atoms with E-state index in [0.29, 0.717) is 0 Å². The van der Waals surface area contributed by atoms with Crippen LogP contribution in [0, 0.1) is 6.92 Å². The van der Waals surface area contributed by atoms with Crippen LogP contribution in [0.3, 0.4) is 0 Å². The van der Waals surface area contributed by atoms with Crippen molar-refractivity contribution < 1.29 is 9.15 Å². The molecule has 2 aliphatic rings. The Morgan fingerprint density at radius 1 is 0.960 bits per heavy atom. The van der Waals surface area contributed by atoms with Crippen molar-refractivity contribution in [2.45, 2.75) is 25.6 Å². The molecule has 0 saturated carbocycles. The van der Waals surface area contributed by atoms with Gasteiger partial charge in [-0.25, -0.2) is 5.01 Å². The first-order chi connectivity index (χ1) is 12.3. The van der Waals surface area contributed by atoms with Crippen LogP contribution in [0.2, 0.25) is 0 Å². The summed E-state index contributed by atoms with van der Waals surface area (Å²) < 4.78 is 12.1. The molecule has 4 nitrogen and oxygen atoms in total. The van der Waals surface area contributed by atoms with Gasteiger partial charge in [0.15, 0.2) is 0 Å². The largest absolute Gasteiger partial charge is 0.464 e. The predicted molar refractivity (Wildman–Crippen MR) is 95.4 cm³/mol. The summed E-state index contributed by atoms with van der Waals surface area (Å²) in [7, 11) is 0. The van der Waals surface area contributed by atoms with Crippen LogP contribution >= 0.6 is 0 Å². The van der Waals surface area contributed by atoms with Crippen LogP contribution in [-0.4, -0.2) is 10.7 Å². The molecule has 2 aliphatic heterocycles. The molecule has 0 spiro atoms. The van der Waals surface area contributed by atoms with Gasteiger partial charge in [0.25, 0.3) is 0 Å². The van der Waals surface area contributed by atoms with Crippen molar-refractivity contribution in [3.63, 3.8) is 0 Å². The van der Waals surface area contributed by atoms with Gasteiger partial charge in [-0.3, -0.25) is 0 Å². The van der Waals surface area contributed by atoms with Gasteiger partial charge in [-0.05, 0) is 25.1 Å². The Labute approximate surface area is 146 Å². The van der Waals surface area contributed by atoms with Crippen LogP contribution < -0.4 is 4.74 Å². The van der Waals surface area contributed by atoms with Crippen LogP contribution in [0.5, 0.6) is 5.75 Å². The molecule has 0 aliphatic carbocycles. The van der Waals surface area contributed by atoms with E-state index in [0.717, 1.165) is 35.0 Å². The van der Waals surface area contributed by atoms with Gasteiger partial charge in [0.05, 0.1) is 6.04 Å². The van der Waals surface area contributed by atoms with E-state index < -0.39 is 0 Å². The van der Waals surface area contributed by atoms with Gasteiger partial charge in [0.2, 0.25) is 6.23 Å². The summed E-state index contributed by atoms with van der Waals surface area (Å²) in [5.41, 5.74) is 3.25. The number of hydrogen-bond acceptors (Lipinski definition) is 4. The first-order valence-corrected chi connectivity index (χ1v) is 8.53. The molecule has 3 heterocycles. The molecule has 1 aromatic heterocycles.